The summed E-state index contributed by atoms with van der Waals surface area (Å²) >= 11 is -0.826. The Kier molecular flexibility index (Phi) is 15.2. The van der Waals surface area contributed by atoms with E-state index in [1.165, 1.54) is 88.3 Å². The molecule has 50 heavy (non-hydrogen) atoms. The third kappa shape index (κ3) is 10.9. The van der Waals surface area contributed by atoms with Gasteiger partial charge in [-0.3, -0.25) is 0 Å². The molecule has 0 N–H and O–H groups in total. The van der Waals surface area contributed by atoms with Gasteiger partial charge in [-0.15, -0.1) is 69.1 Å². The van der Waals surface area contributed by atoms with Crippen molar-refractivity contribution in [1.29, 1.82) is 0 Å². The molecule has 0 fully saturated rings. The van der Waals surface area contributed by atoms with Crippen LogP contribution in [0.2, 0.25) is 13.1 Å². The molecule has 262 valence electrons. The maximum absolute atomic E-state index is 4.93. The predicted octanol–water partition coefficient (Wildman–Crippen LogP) is 15.1. The molecule has 0 spiro atoms. The third-order valence-electron chi connectivity index (χ3n) is 8.95. The Bertz CT molecular complexity index is 1840. The average Bonchev–Trinajstić information content (AvgIpc) is 3.62. The van der Waals surface area contributed by atoms with Crippen molar-refractivity contribution in [3.05, 3.63) is 129 Å². The molecule has 0 heterocycles. The van der Waals surface area contributed by atoms with E-state index in [0.717, 1.165) is 9.52 Å². The number of halogens is 2. The SMILES string of the molecule is C[Si]C.Cc1cc(C)cc(-c2c(C)ccc3[cH-]c(C(C)(C)C)cc23)c1.Cc1cc(C)cc(-c2c(C)ccc3[cH-]c(C(C)(C)C)cc23)c1.[Cl][Zr+2][Cl]. The van der Waals surface area contributed by atoms with Crippen LogP contribution in [-0.4, -0.2) is 9.52 Å². The summed E-state index contributed by atoms with van der Waals surface area (Å²) in [7, 11) is 11.0. The minimum absolute atomic E-state index is 0.187. The molecule has 0 nitrogen and oxygen atoms in total. The van der Waals surface area contributed by atoms with Crippen molar-refractivity contribution < 1.29 is 20.8 Å². The van der Waals surface area contributed by atoms with Gasteiger partial charge in [-0.1, -0.05) is 136 Å². The second-order valence-corrected chi connectivity index (χ2v) is 20.6. The molecule has 0 atom stereocenters. The van der Waals surface area contributed by atoms with Crippen molar-refractivity contribution >= 4 is 48.1 Å². The number of hydrogen-bond acceptors (Lipinski definition) is 0. The van der Waals surface area contributed by atoms with Crippen LogP contribution in [0.4, 0.5) is 0 Å². The van der Waals surface area contributed by atoms with E-state index in [0.29, 0.717) is 0 Å². The number of benzene rings is 4. The van der Waals surface area contributed by atoms with Gasteiger partial charge in [0.1, 0.15) is 0 Å². The van der Waals surface area contributed by atoms with Crippen LogP contribution in [0.15, 0.2) is 84.9 Å². The zero-order valence-corrected chi connectivity index (χ0v) is 37.8. The molecule has 0 aliphatic rings. The van der Waals surface area contributed by atoms with Crippen molar-refractivity contribution in [2.24, 2.45) is 0 Å². The van der Waals surface area contributed by atoms with Crippen molar-refractivity contribution in [2.75, 3.05) is 0 Å². The van der Waals surface area contributed by atoms with E-state index in [2.05, 4.69) is 181 Å². The first-order valence-electron chi connectivity index (χ1n) is 17.5. The zero-order valence-electron chi connectivity index (χ0n) is 32.8. The van der Waals surface area contributed by atoms with E-state index in [1.54, 1.807) is 0 Å². The molecule has 0 unspecified atom stereocenters. The number of fused-ring (bicyclic) bond motifs is 2. The number of hydrogen-bond donors (Lipinski definition) is 0. The fourth-order valence-electron chi connectivity index (χ4n) is 6.65. The van der Waals surface area contributed by atoms with Crippen molar-refractivity contribution in [3.8, 4) is 22.3 Å². The summed E-state index contributed by atoms with van der Waals surface area (Å²) in [6.45, 7) is 31.1. The number of aryl methyl sites for hydroxylation is 6. The molecular formula is C46H56Cl2SiZr. The fourth-order valence-corrected chi connectivity index (χ4v) is 6.65. The summed E-state index contributed by atoms with van der Waals surface area (Å²) < 4.78 is 0. The first-order valence-corrected chi connectivity index (χ1v) is 25.8. The molecule has 0 aliphatic heterocycles. The quantitative estimate of drug-likeness (QED) is 0.121. The first-order chi connectivity index (χ1) is 23.3. The fraction of sp³-hybridized carbons (Fsp3) is 0.348. The number of rotatable bonds is 2. The summed E-state index contributed by atoms with van der Waals surface area (Å²) in [5.74, 6) is 0. The normalized spacial score (nSPS) is 11.2. The van der Waals surface area contributed by atoms with Gasteiger partial charge >= 0.3 is 37.9 Å². The van der Waals surface area contributed by atoms with Crippen LogP contribution in [0.5, 0.6) is 0 Å². The van der Waals surface area contributed by atoms with Gasteiger partial charge in [0.25, 0.3) is 0 Å². The van der Waals surface area contributed by atoms with Gasteiger partial charge in [0, 0.05) is 9.52 Å². The maximum atomic E-state index is 4.93. The van der Waals surface area contributed by atoms with Crippen molar-refractivity contribution in [2.45, 2.75) is 107 Å². The molecule has 0 saturated heterocycles. The Morgan fingerprint density at radius 2 is 0.780 bits per heavy atom. The van der Waals surface area contributed by atoms with Crippen molar-refractivity contribution in [1.82, 2.24) is 0 Å². The summed E-state index contributed by atoms with van der Waals surface area (Å²) in [6, 6.07) is 32.2. The standard InChI is InChI=1S/2C22H25.C2H6Si.2ClH.Zr/c2*1-14-9-15(2)11-18(10-14)21-16(3)7-8-17-12-19(13-20(17)21)22(4,5)6;1-3-2;;;/h2*7-13H,1-6H3;1-2H3;2*1H;/q2*-1;;;;+4/p-2. The average molecular weight is 799 g/mol. The molecule has 0 aromatic heterocycles. The van der Waals surface area contributed by atoms with Crippen LogP contribution in [0.3, 0.4) is 0 Å². The van der Waals surface area contributed by atoms with Crippen molar-refractivity contribution in [3.63, 3.8) is 0 Å². The summed E-state index contributed by atoms with van der Waals surface area (Å²) in [4.78, 5) is 0. The molecular weight excluding hydrogens is 743 g/mol. The summed E-state index contributed by atoms with van der Waals surface area (Å²) in [5, 5.41) is 5.47. The van der Waals surface area contributed by atoms with Gasteiger partial charge in [0.15, 0.2) is 0 Å². The summed E-state index contributed by atoms with van der Waals surface area (Å²) in [5.41, 5.74) is 16.7. The Morgan fingerprint density at radius 1 is 0.500 bits per heavy atom. The molecule has 6 aromatic carbocycles. The molecule has 0 amide bonds. The Labute approximate surface area is 325 Å². The van der Waals surface area contributed by atoms with E-state index in [-0.39, 0.29) is 10.8 Å². The van der Waals surface area contributed by atoms with Gasteiger partial charge in [0.2, 0.25) is 0 Å². The molecule has 0 aliphatic carbocycles. The second kappa shape index (κ2) is 18.0. The van der Waals surface area contributed by atoms with Gasteiger partial charge in [0.05, 0.1) is 0 Å². The Balaban J connectivity index is 0.000000234. The third-order valence-corrected chi connectivity index (χ3v) is 8.95. The van der Waals surface area contributed by atoms with Gasteiger partial charge in [-0.25, -0.2) is 0 Å². The van der Waals surface area contributed by atoms with Crippen LogP contribution < -0.4 is 0 Å². The minimum atomic E-state index is -0.826. The van der Waals surface area contributed by atoms with E-state index in [4.69, 9.17) is 17.0 Å². The molecule has 6 rings (SSSR count). The van der Waals surface area contributed by atoms with Crippen LogP contribution in [0, 0.1) is 41.5 Å². The molecule has 0 bridgehead atoms. The predicted molar refractivity (Wildman–Crippen MR) is 225 cm³/mol. The monoisotopic (exact) mass is 796 g/mol. The molecule has 6 aromatic rings. The Morgan fingerprint density at radius 3 is 1.04 bits per heavy atom. The van der Waals surface area contributed by atoms with Gasteiger partial charge < -0.3 is 0 Å². The van der Waals surface area contributed by atoms with E-state index < -0.39 is 20.8 Å². The van der Waals surface area contributed by atoms with Crippen LogP contribution in [0.25, 0.3) is 43.8 Å². The summed E-state index contributed by atoms with van der Waals surface area (Å²) in [6.07, 6.45) is 0. The van der Waals surface area contributed by atoms with Gasteiger partial charge in [-0.2, -0.15) is 12.1 Å². The van der Waals surface area contributed by atoms with E-state index in [1.807, 2.05) is 0 Å². The zero-order chi connectivity index (χ0) is 37.6. The van der Waals surface area contributed by atoms with Gasteiger partial charge in [-0.05, 0) is 63.5 Å². The first kappa shape index (κ1) is 42.2. The molecule has 4 heteroatoms. The molecule has 0 saturated carbocycles. The van der Waals surface area contributed by atoms with Crippen LogP contribution in [-0.2, 0) is 31.7 Å². The van der Waals surface area contributed by atoms with E-state index in [9.17, 15) is 0 Å². The Hall–Kier alpha value is -2.22. The van der Waals surface area contributed by atoms with Crippen LogP contribution >= 0.6 is 17.0 Å². The second-order valence-electron chi connectivity index (χ2n) is 15.8. The topological polar surface area (TPSA) is 0 Å². The van der Waals surface area contributed by atoms with E-state index >= 15 is 0 Å². The van der Waals surface area contributed by atoms with Crippen LogP contribution in [0.1, 0.15) is 86.1 Å². The molecule has 2 radical (unpaired) electrons.